The average Bonchev–Trinajstić information content (AvgIpc) is 2.81. The topological polar surface area (TPSA) is 26.0 Å². The smallest absolute Gasteiger partial charge is 0.0264 e. The fraction of sp³-hybridized carbons (Fsp3) is 0.684. The molecule has 108 valence electrons. The molecule has 2 N–H and O–H groups in total. The average molecular weight is 269 g/mol. The van der Waals surface area contributed by atoms with E-state index in [0.29, 0.717) is 11.3 Å². The number of hydrogen-bond acceptors (Lipinski definition) is 1. The van der Waals surface area contributed by atoms with Crippen LogP contribution < -0.4 is 5.73 Å². The maximum Gasteiger partial charge on any atom is 0.0264 e. The Bertz CT molecular complexity index is 514. The third-order valence-corrected chi connectivity index (χ3v) is 7.15. The molecule has 0 amide bonds. The molecule has 4 aliphatic rings. The van der Waals surface area contributed by atoms with Crippen LogP contribution in [0.2, 0.25) is 0 Å². The molecule has 0 aliphatic heterocycles. The van der Waals surface area contributed by atoms with E-state index in [1.54, 1.807) is 0 Å². The van der Waals surface area contributed by atoms with Crippen LogP contribution in [0, 0.1) is 28.6 Å². The van der Waals surface area contributed by atoms with E-state index in [2.05, 4.69) is 44.2 Å². The van der Waals surface area contributed by atoms with Crippen LogP contribution in [-0.4, -0.2) is 6.04 Å². The van der Waals surface area contributed by atoms with E-state index in [0.717, 1.165) is 11.8 Å². The molecule has 0 radical (unpaired) electrons. The molecule has 1 nitrogen and oxygen atoms in total. The van der Waals surface area contributed by atoms with Gasteiger partial charge in [0, 0.05) is 11.5 Å². The Balaban J connectivity index is 1.79. The predicted octanol–water partition coefficient (Wildman–Crippen LogP) is 4.22. The zero-order valence-corrected chi connectivity index (χ0v) is 12.8. The highest BCUT2D eigenvalue weighted by Gasteiger charge is 2.56. The molecule has 0 heterocycles. The van der Waals surface area contributed by atoms with Gasteiger partial charge in [0.1, 0.15) is 0 Å². The molecule has 0 unspecified atom stereocenters. The fourth-order valence-corrected chi connectivity index (χ4v) is 6.00. The maximum absolute atomic E-state index is 6.64. The van der Waals surface area contributed by atoms with Crippen LogP contribution >= 0.6 is 0 Å². The molecule has 6 atom stereocenters. The minimum Gasteiger partial charge on any atom is -0.324 e. The Kier molecular flexibility index (Phi) is 2.64. The van der Waals surface area contributed by atoms with Crippen molar-refractivity contribution >= 4 is 0 Å². The molecule has 0 spiro atoms. The van der Waals surface area contributed by atoms with Crippen molar-refractivity contribution in [3.63, 3.8) is 0 Å². The molecule has 2 fully saturated rings. The van der Waals surface area contributed by atoms with Crippen LogP contribution in [0.3, 0.4) is 0 Å². The van der Waals surface area contributed by atoms with E-state index < -0.39 is 0 Å². The summed E-state index contributed by atoms with van der Waals surface area (Å²) in [6, 6.07) is 0.266. The van der Waals surface area contributed by atoms with Crippen molar-refractivity contribution in [2.75, 3.05) is 0 Å². The Labute approximate surface area is 123 Å². The van der Waals surface area contributed by atoms with Gasteiger partial charge in [0.15, 0.2) is 0 Å². The van der Waals surface area contributed by atoms with Gasteiger partial charge in [-0.15, -0.1) is 0 Å². The molecule has 0 aromatic rings. The van der Waals surface area contributed by atoms with Gasteiger partial charge in [-0.05, 0) is 54.4 Å². The van der Waals surface area contributed by atoms with Crippen LogP contribution in [0.4, 0.5) is 0 Å². The van der Waals surface area contributed by atoms with Gasteiger partial charge in [0.25, 0.3) is 0 Å². The predicted molar refractivity (Wildman–Crippen MR) is 84.1 cm³/mol. The molecule has 4 rings (SSSR count). The van der Waals surface area contributed by atoms with E-state index in [1.165, 1.54) is 37.7 Å². The molecule has 1 heteroatoms. The normalized spacial score (nSPS) is 53.0. The monoisotopic (exact) mass is 269 g/mol. The molecular formula is C19H27N. The first-order valence-corrected chi connectivity index (χ1v) is 8.38. The molecule has 0 aromatic carbocycles. The summed E-state index contributed by atoms with van der Waals surface area (Å²) in [6.07, 6.45) is 18.5. The van der Waals surface area contributed by atoms with Crippen molar-refractivity contribution in [2.45, 2.75) is 52.0 Å². The quantitative estimate of drug-likeness (QED) is 0.700. The van der Waals surface area contributed by atoms with Gasteiger partial charge in [-0.25, -0.2) is 0 Å². The lowest BCUT2D eigenvalue weighted by Gasteiger charge is -2.56. The fourth-order valence-electron chi connectivity index (χ4n) is 6.00. The van der Waals surface area contributed by atoms with Gasteiger partial charge in [0.2, 0.25) is 0 Å². The van der Waals surface area contributed by atoms with Gasteiger partial charge in [-0.1, -0.05) is 50.6 Å². The second-order valence-electron chi connectivity index (χ2n) is 8.08. The minimum absolute atomic E-state index is 0.235. The van der Waals surface area contributed by atoms with Crippen molar-refractivity contribution in [2.24, 2.45) is 34.3 Å². The van der Waals surface area contributed by atoms with Gasteiger partial charge in [-0.3, -0.25) is 0 Å². The lowest BCUT2D eigenvalue weighted by atomic mass is 9.49. The van der Waals surface area contributed by atoms with E-state index in [1.807, 2.05) is 0 Å². The Morgan fingerprint density at radius 1 is 1.10 bits per heavy atom. The van der Waals surface area contributed by atoms with Crippen LogP contribution in [0.25, 0.3) is 0 Å². The van der Waals surface area contributed by atoms with E-state index in [4.69, 9.17) is 5.73 Å². The van der Waals surface area contributed by atoms with Crippen LogP contribution in [-0.2, 0) is 0 Å². The van der Waals surface area contributed by atoms with Crippen LogP contribution in [0.5, 0.6) is 0 Å². The van der Waals surface area contributed by atoms with Crippen LogP contribution in [0.15, 0.2) is 36.0 Å². The summed E-state index contributed by atoms with van der Waals surface area (Å²) in [5, 5.41) is 0. The standard InChI is InChI=1S/C19H27N/c1-18-9-5-7-14(18)17-15(8-11-18)19(2)10-4-3-6-13(19)12-16(17)20/h3-4,6,10,12,14-17H,5,7-9,11,20H2,1-2H3/t14-,15-,16+,17-,18-,19-/m0/s1. The summed E-state index contributed by atoms with van der Waals surface area (Å²) in [5.74, 6) is 2.29. The SMILES string of the molecule is C[C@@]12CCC[C@H]1[C@@H]1[C@H](N)C=C3C=CC=C[C@]3(C)[C@H]1CC2. The Morgan fingerprint density at radius 2 is 1.95 bits per heavy atom. The van der Waals surface area contributed by atoms with E-state index in [-0.39, 0.29) is 11.5 Å². The van der Waals surface area contributed by atoms with Crippen molar-refractivity contribution < 1.29 is 0 Å². The molecule has 2 saturated carbocycles. The summed E-state index contributed by atoms with van der Waals surface area (Å²) in [4.78, 5) is 0. The van der Waals surface area contributed by atoms with Crippen molar-refractivity contribution in [1.29, 1.82) is 0 Å². The van der Waals surface area contributed by atoms with Gasteiger partial charge in [0.05, 0.1) is 0 Å². The molecule has 20 heavy (non-hydrogen) atoms. The highest BCUT2D eigenvalue weighted by atomic mass is 14.7. The molecule has 4 aliphatic carbocycles. The highest BCUT2D eigenvalue weighted by molar-refractivity contribution is 5.42. The number of nitrogens with two attached hydrogens (primary N) is 1. The minimum atomic E-state index is 0.235. The third kappa shape index (κ3) is 1.53. The largest absolute Gasteiger partial charge is 0.324 e. The maximum atomic E-state index is 6.64. The van der Waals surface area contributed by atoms with E-state index >= 15 is 0 Å². The summed E-state index contributed by atoms with van der Waals surface area (Å²) >= 11 is 0. The summed E-state index contributed by atoms with van der Waals surface area (Å²) < 4.78 is 0. The highest BCUT2D eigenvalue weighted by Crippen LogP contribution is 2.63. The van der Waals surface area contributed by atoms with Crippen molar-refractivity contribution in [3.05, 3.63) is 36.0 Å². The lowest BCUT2D eigenvalue weighted by molar-refractivity contribution is -0.00810. The zero-order valence-electron chi connectivity index (χ0n) is 12.8. The molecule has 0 bridgehead atoms. The number of fused-ring (bicyclic) bond motifs is 5. The van der Waals surface area contributed by atoms with Crippen molar-refractivity contribution in [1.82, 2.24) is 0 Å². The first kappa shape index (κ1) is 12.9. The lowest BCUT2D eigenvalue weighted by Crippen LogP contribution is -2.54. The molecule has 0 aromatic heterocycles. The van der Waals surface area contributed by atoms with Crippen molar-refractivity contribution in [3.8, 4) is 0 Å². The van der Waals surface area contributed by atoms with Gasteiger partial charge in [-0.2, -0.15) is 0 Å². The second-order valence-corrected chi connectivity index (χ2v) is 8.08. The third-order valence-electron chi connectivity index (χ3n) is 7.15. The number of allylic oxidation sites excluding steroid dienone is 5. The second kappa shape index (κ2) is 4.10. The number of rotatable bonds is 0. The summed E-state index contributed by atoms with van der Waals surface area (Å²) in [5.41, 5.74) is 8.92. The zero-order chi connectivity index (χ0) is 14.0. The first-order valence-electron chi connectivity index (χ1n) is 8.38. The first-order chi connectivity index (χ1) is 9.55. The molecule has 0 saturated heterocycles. The Hall–Kier alpha value is -0.820. The van der Waals surface area contributed by atoms with Gasteiger partial charge >= 0.3 is 0 Å². The summed E-state index contributed by atoms with van der Waals surface area (Å²) in [7, 11) is 0. The number of hydrogen-bond donors (Lipinski definition) is 1. The molecular weight excluding hydrogens is 242 g/mol. The van der Waals surface area contributed by atoms with Gasteiger partial charge < -0.3 is 5.73 Å². The summed E-state index contributed by atoms with van der Waals surface area (Å²) in [6.45, 7) is 4.98. The Morgan fingerprint density at radius 3 is 2.80 bits per heavy atom. The van der Waals surface area contributed by atoms with Crippen LogP contribution in [0.1, 0.15) is 46.0 Å². The van der Waals surface area contributed by atoms with E-state index in [9.17, 15) is 0 Å².